The monoisotopic (exact) mass is 178 g/mol. The summed E-state index contributed by atoms with van der Waals surface area (Å²) in [5.74, 6) is 0. The van der Waals surface area contributed by atoms with E-state index in [1.165, 1.54) is 4.90 Å². The molecule has 0 spiro atoms. The molecule has 0 aliphatic rings. The van der Waals surface area contributed by atoms with Gasteiger partial charge in [0.1, 0.15) is 0 Å². The number of hydrogen-bond donors (Lipinski definition) is 1. The molecule has 70 valence electrons. The van der Waals surface area contributed by atoms with Crippen molar-refractivity contribution >= 4 is 11.7 Å². The van der Waals surface area contributed by atoms with E-state index in [-0.39, 0.29) is 6.03 Å². The molecule has 1 N–H and O–H groups in total. The first kappa shape index (κ1) is 9.58. The van der Waals surface area contributed by atoms with Crippen molar-refractivity contribution in [2.75, 3.05) is 19.4 Å². The zero-order valence-corrected chi connectivity index (χ0v) is 8.16. The molecule has 1 aromatic rings. The summed E-state index contributed by atoms with van der Waals surface area (Å²) in [6.45, 7) is 1.99. The minimum absolute atomic E-state index is 0.106. The molecule has 0 atom stereocenters. The third kappa shape index (κ3) is 2.78. The number of carbonyl (C=O) groups is 1. The minimum atomic E-state index is -0.106. The van der Waals surface area contributed by atoms with Crippen molar-refractivity contribution < 1.29 is 4.79 Å². The van der Waals surface area contributed by atoms with Gasteiger partial charge in [-0.25, -0.2) is 4.79 Å². The van der Waals surface area contributed by atoms with Crippen molar-refractivity contribution in [3.63, 3.8) is 0 Å². The Bertz CT molecular complexity index is 308. The summed E-state index contributed by atoms with van der Waals surface area (Å²) >= 11 is 0. The Balaban J connectivity index is 2.69. The Labute approximate surface area is 78.4 Å². The van der Waals surface area contributed by atoms with Crippen LogP contribution in [0.25, 0.3) is 0 Å². The number of aryl methyl sites for hydroxylation is 1. The summed E-state index contributed by atoms with van der Waals surface area (Å²) in [4.78, 5) is 12.7. The van der Waals surface area contributed by atoms with Crippen molar-refractivity contribution in [2.24, 2.45) is 0 Å². The maximum Gasteiger partial charge on any atom is 0.321 e. The van der Waals surface area contributed by atoms with Crippen LogP contribution in [-0.2, 0) is 0 Å². The van der Waals surface area contributed by atoms with Gasteiger partial charge in [0, 0.05) is 19.8 Å². The second-order valence-corrected chi connectivity index (χ2v) is 3.19. The second kappa shape index (κ2) is 3.94. The van der Waals surface area contributed by atoms with Crippen LogP contribution in [0, 0.1) is 6.92 Å². The molecule has 1 aromatic carbocycles. The van der Waals surface area contributed by atoms with E-state index in [4.69, 9.17) is 0 Å². The Morgan fingerprint density at radius 1 is 1.38 bits per heavy atom. The van der Waals surface area contributed by atoms with E-state index in [1.54, 1.807) is 14.1 Å². The molecule has 0 heterocycles. The molecular weight excluding hydrogens is 164 g/mol. The van der Waals surface area contributed by atoms with E-state index in [0.717, 1.165) is 11.3 Å². The van der Waals surface area contributed by atoms with Crippen molar-refractivity contribution in [1.29, 1.82) is 0 Å². The van der Waals surface area contributed by atoms with Gasteiger partial charge in [-0.05, 0) is 24.6 Å². The lowest BCUT2D eigenvalue weighted by Crippen LogP contribution is -2.27. The molecule has 0 aliphatic carbocycles. The first-order valence-electron chi connectivity index (χ1n) is 4.14. The molecule has 0 saturated carbocycles. The van der Waals surface area contributed by atoms with Crippen LogP contribution >= 0.6 is 0 Å². The number of nitrogens with zero attached hydrogens (tertiary/aromatic N) is 1. The predicted molar refractivity (Wildman–Crippen MR) is 53.9 cm³/mol. The van der Waals surface area contributed by atoms with Crippen LogP contribution in [0.2, 0.25) is 0 Å². The Morgan fingerprint density at radius 2 is 2.08 bits per heavy atom. The molecule has 0 aliphatic heterocycles. The standard InChI is InChI=1S/C10H14N2O/c1-8-5-4-6-9(7-8)11-10(13)12(2)3/h4-7H,1-3H3,(H,11,13). The number of anilines is 1. The van der Waals surface area contributed by atoms with Crippen LogP contribution in [0.5, 0.6) is 0 Å². The first-order valence-corrected chi connectivity index (χ1v) is 4.14. The van der Waals surface area contributed by atoms with Gasteiger partial charge in [0.2, 0.25) is 0 Å². The van der Waals surface area contributed by atoms with Gasteiger partial charge in [-0.15, -0.1) is 0 Å². The molecule has 0 unspecified atom stereocenters. The van der Waals surface area contributed by atoms with E-state index in [2.05, 4.69) is 5.32 Å². The third-order valence-corrected chi connectivity index (χ3v) is 1.68. The number of carbonyl (C=O) groups excluding carboxylic acids is 1. The van der Waals surface area contributed by atoms with Crippen molar-refractivity contribution in [2.45, 2.75) is 6.92 Å². The molecule has 13 heavy (non-hydrogen) atoms. The number of rotatable bonds is 1. The van der Waals surface area contributed by atoms with Crippen molar-refractivity contribution in [3.8, 4) is 0 Å². The fraction of sp³-hybridized carbons (Fsp3) is 0.300. The molecule has 0 aromatic heterocycles. The van der Waals surface area contributed by atoms with Crippen LogP contribution in [-0.4, -0.2) is 25.0 Å². The van der Waals surface area contributed by atoms with E-state index in [9.17, 15) is 4.79 Å². The summed E-state index contributed by atoms with van der Waals surface area (Å²) in [6, 6.07) is 7.60. The molecule has 0 saturated heterocycles. The Kier molecular flexibility index (Phi) is 2.90. The lowest BCUT2D eigenvalue weighted by Gasteiger charge is -2.11. The van der Waals surface area contributed by atoms with Crippen LogP contribution in [0.15, 0.2) is 24.3 Å². The molecule has 0 bridgehead atoms. The van der Waals surface area contributed by atoms with Gasteiger partial charge in [0.25, 0.3) is 0 Å². The number of nitrogens with one attached hydrogen (secondary N) is 1. The van der Waals surface area contributed by atoms with E-state index >= 15 is 0 Å². The number of hydrogen-bond acceptors (Lipinski definition) is 1. The fourth-order valence-corrected chi connectivity index (χ4v) is 0.958. The maximum atomic E-state index is 11.2. The van der Waals surface area contributed by atoms with Gasteiger partial charge in [-0.1, -0.05) is 12.1 Å². The van der Waals surface area contributed by atoms with Gasteiger partial charge >= 0.3 is 6.03 Å². The van der Waals surface area contributed by atoms with Crippen LogP contribution in [0.3, 0.4) is 0 Å². The Hall–Kier alpha value is -1.51. The second-order valence-electron chi connectivity index (χ2n) is 3.19. The van der Waals surface area contributed by atoms with Crippen LogP contribution < -0.4 is 5.32 Å². The molecule has 0 radical (unpaired) electrons. The van der Waals surface area contributed by atoms with Gasteiger partial charge in [0.15, 0.2) is 0 Å². The van der Waals surface area contributed by atoms with E-state index in [1.807, 2.05) is 31.2 Å². The van der Waals surface area contributed by atoms with Gasteiger partial charge in [0.05, 0.1) is 0 Å². The van der Waals surface area contributed by atoms with E-state index < -0.39 is 0 Å². The summed E-state index contributed by atoms with van der Waals surface area (Å²) in [7, 11) is 3.43. The molecule has 3 nitrogen and oxygen atoms in total. The third-order valence-electron chi connectivity index (χ3n) is 1.68. The predicted octanol–water partition coefficient (Wildman–Crippen LogP) is 2.09. The highest BCUT2D eigenvalue weighted by molar-refractivity contribution is 5.88. The van der Waals surface area contributed by atoms with Gasteiger partial charge in [-0.3, -0.25) is 0 Å². The van der Waals surface area contributed by atoms with Crippen LogP contribution in [0.1, 0.15) is 5.56 Å². The average Bonchev–Trinajstić information content (AvgIpc) is 2.04. The molecular formula is C10H14N2O. The lowest BCUT2D eigenvalue weighted by atomic mass is 10.2. The first-order chi connectivity index (χ1) is 6.09. The largest absolute Gasteiger partial charge is 0.331 e. The van der Waals surface area contributed by atoms with Crippen molar-refractivity contribution in [1.82, 2.24) is 4.90 Å². The average molecular weight is 178 g/mol. The summed E-state index contributed by atoms with van der Waals surface area (Å²) in [5.41, 5.74) is 1.97. The number of amides is 2. The Morgan fingerprint density at radius 3 is 2.62 bits per heavy atom. The number of benzene rings is 1. The topological polar surface area (TPSA) is 32.3 Å². The smallest absolute Gasteiger partial charge is 0.321 e. The zero-order chi connectivity index (χ0) is 9.84. The quantitative estimate of drug-likeness (QED) is 0.701. The highest BCUT2D eigenvalue weighted by atomic mass is 16.2. The molecule has 1 rings (SSSR count). The van der Waals surface area contributed by atoms with Crippen molar-refractivity contribution in [3.05, 3.63) is 29.8 Å². The summed E-state index contributed by atoms with van der Waals surface area (Å²) < 4.78 is 0. The van der Waals surface area contributed by atoms with Gasteiger partial charge in [-0.2, -0.15) is 0 Å². The van der Waals surface area contributed by atoms with Crippen LogP contribution in [0.4, 0.5) is 10.5 Å². The maximum absolute atomic E-state index is 11.2. The normalized spacial score (nSPS) is 9.46. The molecule has 3 heteroatoms. The highest BCUT2D eigenvalue weighted by Crippen LogP contribution is 2.09. The van der Waals surface area contributed by atoms with Gasteiger partial charge < -0.3 is 10.2 Å². The minimum Gasteiger partial charge on any atom is -0.331 e. The number of urea groups is 1. The van der Waals surface area contributed by atoms with E-state index in [0.29, 0.717) is 0 Å². The summed E-state index contributed by atoms with van der Waals surface area (Å²) in [6.07, 6.45) is 0. The fourth-order valence-electron chi connectivity index (χ4n) is 0.958. The molecule has 2 amide bonds. The lowest BCUT2D eigenvalue weighted by molar-refractivity contribution is 0.230. The SMILES string of the molecule is Cc1cccc(NC(=O)N(C)C)c1. The molecule has 0 fully saturated rings. The summed E-state index contributed by atoms with van der Waals surface area (Å²) in [5, 5.41) is 2.77. The highest BCUT2D eigenvalue weighted by Gasteiger charge is 2.02. The zero-order valence-electron chi connectivity index (χ0n) is 8.16.